The lowest BCUT2D eigenvalue weighted by Crippen LogP contribution is -2.42. The van der Waals surface area contributed by atoms with Gasteiger partial charge < -0.3 is 19.1 Å². The Balaban J connectivity index is 1.87. The molecule has 0 aromatic heterocycles. The maximum absolute atomic E-state index is 12.0. The second-order valence-electron chi connectivity index (χ2n) is 4.29. The molecule has 100 valence electrons. The number of rotatable bonds is 2. The fraction of sp³-hybridized carbons (Fsp3) is 0.667. The van der Waals surface area contributed by atoms with Gasteiger partial charge in [-0.3, -0.25) is 9.59 Å². The van der Waals surface area contributed by atoms with E-state index in [4.69, 9.17) is 14.2 Å². The Morgan fingerprint density at radius 3 is 2.61 bits per heavy atom. The first-order valence-corrected chi connectivity index (χ1v) is 6.04. The second-order valence-corrected chi connectivity index (χ2v) is 4.29. The van der Waals surface area contributed by atoms with E-state index in [1.54, 1.807) is 4.90 Å². The summed E-state index contributed by atoms with van der Waals surface area (Å²) in [6.07, 6.45) is 2.62. The van der Waals surface area contributed by atoms with Crippen LogP contribution in [0.2, 0.25) is 0 Å². The average Bonchev–Trinajstić information content (AvgIpc) is 2.47. The van der Waals surface area contributed by atoms with E-state index >= 15 is 0 Å². The van der Waals surface area contributed by atoms with Crippen LogP contribution in [0.1, 0.15) is 12.8 Å². The predicted molar refractivity (Wildman–Crippen MR) is 61.3 cm³/mol. The van der Waals surface area contributed by atoms with Crippen LogP contribution in [0.5, 0.6) is 0 Å². The quantitative estimate of drug-likeness (QED) is 0.663. The summed E-state index contributed by atoms with van der Waals surface area (Å²) in [5.74, 6) is -0.217. The maximum atomic E-state index is 12.0. The van der Waals surface area contributed by atoms with Crippen LogP contribution < -0.4 is 0 Å². The van der Waals surface area contributed by atoms with Crippen LogP contribution in [-0.4, -0.2) is 50.2 Å². The molecule has 6 heteroatoms. The van der Waals surface area contributed by atoms with Gasteiger partial charge in [-0.15, -0.1) is 0 Å². The number of carbonyl (C=O) groups excluding carboxylic acids is 2. The Labute approximate surface area is 105 Å². The molecule has 1 fully saturated rings. The topological polar surface area (TPSA) is 65.1 Å². The lowest BCUT2D eigenvalue weighted by molar-refractivity contribution is -0.149. The fourth-order valence-corrected chi connectivity index (χ4v) is 2.12. The number of ether oxygens (including phenoxy) is 3. The van der Waals surface area contributed by atoms with Gasteiger partial charge in [-0.05, 0) is 12.8 Å². The molecule has 0 aromatic carbocycles. The van der Waals surface area contributed by atoms with Crippen LogP contribution in [0.25, 0.3) is 0 Å². The highest BCUT2D eigenvalue weighted by atomic mass is 16.6. The van der Waals surface area contributed by atoms with Gasteiger partial charge in [-0.2, -0.15) is 0 Å². The number of esters is 1. The van der Waals surface area contributed by atoms with E-state index in [9.17, 15) is 9.59 Å². The van der Waals surface area contributed by atoms with Gasteiger partial charge in [-0.25, -0.2) is 0 Å². The SMILES string of the molecule is COC(=O)C1CCN(C(=O)C2=COCCO2)CC1. The summed E-state index contributed by atoms with van der Waals surface area (Å²) in [6.45, 7) is 1.95. The van der Waals surface area contributed by atoms with Crippen molar-refractivity contribution in [1.29, 1.82) is 0 Å². The van der Waals surface area contributed by atoms with Crippen molar-refractivity contribution in [2.24, 2.45) is 5.92 Å². The van der Waals surface area contributed by atoms with Crippen LogP contribution in [0, 0.1) is 5.92 Å². The van der Waals surface area contributed by atoms with Crippen LogP contribution in [0.15, 0.2) is 12.0 Å². The molecule has 0 unspecified atom stereocenters. The van der Waals surface area contributed by atoms with Crippen molar-refractivity contribution in [3.8, 4) is 0 Å². The molecule has 0 aromatic rings. The van der Waals surface area contributed by atoms with E-state index < -0.39 is 0 Å². The molecule has 2 aliphatic heterocycles. The summed E-state index contributed by atoms with van der Waals surface area (Å²) in [4.78, 5) is 25.1. The largest absolute Gasteiger partial charge is 0.494 e. The van der Waals surface area contributed by atoms with E-state index in [1.807, 2.05) is 0 Å². The van der Waals surface area contributed by atoms with E-state index in [-0.39, 0.29) is 23.6 Å². The Bertz CT molecular complexity index is 357. The van der Waals surface area contributed by atoms with Crippen molar-refractivity contribution in [3.05, 3.63) is 12.0 Å². The highest BCUT2D eigenvalue weighted by molar-refractivity contribution is 5.91. The number of hydrogen-bond donors (Lipinski definition) is 0. The summed E-state index contributed by atoms with van der Waals surface area (Å²) in [6, 6.07) is 0. The number of piperidine rings is 1. The van der Waals surface area contributed by atoms with Gasteiger partial charge in [0.05, 0.1) is 13.0 Å². The van der Waals surface area contributed by atoms with Gasteiger partial charge in [0, 0.05) is 13.1 Å². The molecule has 0 N–H and O–H groups in total. The maximum Gasteiger partial charge on any atom is 0.308 e. The van der Waals surface area contributed by atoms with Gasteiger partial charge in [0.25, 0.3) is 5.91 Å². The number of hydrogen-bond acceptors (Lipinski definition) is 5. The van der Waals surface area contributed by atoms with Gasteiger partial charge in [0.15, 0.2) is 0 Å². The van der Waals surface area contributed by atoms with E-state index in [0.29, 0.717) is 39.1 Å². The minimum atomic E-state index is -0.196. The zero-order valence-corrected chi connectivity index (χ0v) is 10.4. The Morgan fingerprint density at radius 2 is 2.06 bits per heavy atom. The number of nitrogens with zero attached hydrogens (tertiary/aromatic N) is 1. The zero-order chi connectivity index (χ0) is 13.0. The number of amides is 1. The Morgan fingerprint density at radius 1 is 1.33 bits per heavy atom. The summed E-state index contributed by atoms with van der Waals surface area (Å²) in [5, 5.41) is 0. The number of carbonyl (C=O) groups is 2. The molecule has 1 amide bonds. The van der Waals surface area contributed by atoms with Crippen LogP contribution in [0.3, 0.4) is 0 Å². The van der Waals surface area contributed by atoms with E-state index in [2.05, 4.69) is 0 Å². The Hall–Kier alpha value is -1.72. The highest BCUT2D eigenvalue weighted by Gasteiger charge is 2.30. The summed E-state index contributed by atoms with van der Waals surface area (Å²) in [5.41, 5.74) is 0. The average molecular weight is 255 g/mol. The fourth-order valence-electron chi connectivity index (χ4n) is 2.12. The third-order valence-electron chi connectivity index (χ3n) is 3.18. The molecule has 0 aliphatic carbocycles. The molecule has 0 spiro atoms. The lowest BCUT2D eigenvalue weighted by Gasteiger charge is -2.31. The van der Waals surface area contributed by atoms with Crippen LogP contribution in [-0.2, 0) is 23.8 Å². The van der Waals surface area contributed by atoms with Crippen molar-refractivity contribution in [2.45, 2.75) is 12.8 Å². The third kappa shape index (κ3) is 2.75. The highest BCUT2D eigenvalue weighted by Crippen LogP contribution is 2.20. The van der Waals surface area contributed by atoms with Crippen molar-refractivity contribution >= 4 is 11.9 Å². The molecular formula is C12H17NO5. The first kappa shape index (κ1) is 12.7. The molecule has 2 heterocycles. The summed E-state index contributed by atoms with van der Waals surface area (Å²) < 4.78 is 15.0. The normalized spacial score (nSPS) is 20.5. The second kappa shape index (κ2) is 5.75. The smallest absolute Gasteiger partial charge is 0.308 e. The van der Waals surface area contributed by atoms with E-state index in [0.717, 1.165) is 0 Å². The van der Waals surface area contributed by atoms with Crippen molar-refractivity contribution in [3.63, 3.8) is 0 Å². The molecule has 0 atom stereocenters. The van der Waals surface area contributed by atoms with Crippen LogP contribution >= 0.6 is 0 Å². The first-order valence-electron chi connectivity index (χ1n) is 6.04. The van der Waals surface area contributed by atoms with E-state index in [1.165, 1.54) is 13.4 Å². The molecule has 2 aliphatic rings. The number of likely N-dealkylation sites (tertiary alicyclic amines) is 1. The molecular weight excluding hydrogens is 238 g/mol. The standard InChI is InChI=1S/C12H17NO5/c1-16-12(15)9-2-4-13(5-3-9)11(14)10-8-17-6-7-18-10/h8-9H,2-7H2,1H3. The lowest BCUT2D eigenvalue weighted by atomic mass is 9.97. The first-order chi connectivity index (χ1) is 8.72. The molecule has 1 saturated heterocycles. The van der Waals surface area contributed by atoms with Gasteiger partial charge in [0.2, 0.25) is 5.76 Å². The monoisotopic (exact) mass is 255 g/mol. The summed E-state index contributed by atoms with van der Waals surface area (Å²) >= 11 is 0. The third-order valence-corrected chi connectivity index (χ3v) is 3.18. The molecule has 2 rings (SSSR count). The van der Waals surface area contributed by atoms with Crippen LogP contribution in [0.4, 0.5) is 0 Å². The van der Waals surface area contributed by atoms with Gasteiger partial charge in [-0.1, -0.05) is 0 Å². The predicted octanol–water partition coefficient (Wildman–Crippen LogP) is 0.286. The summed E-state index contributed by atoms with van der Waals surface area (Å²) in [7, 11) is 1.39. The Kier molecular flexibility index (Phi) is 4.07. The van der Waals surface area contributed by atoms with Crippen molar-refractivity contribution in [1.82, 2.24) is 4.90 Å². The molecule has 0 saturated carbocycles. The molecule has 0 radical (unpaired) electrons. The molecule has 6 nitrogen and oxygen atoms in total. The van der Waals surface area contributed by atoms with Crippen molar-refractivity contribution < 1.29 is 23.8 Å². The van der Waals surface area contributed by atoms with Crippen molar-refractivity contribution in [2.75, 3.05) is 33.4 Å². The minimum Gasteiger partial charge on any atom is -0.494 e. The zero-order valence-electron chi connectivity index (χ0n) is 10.4. The van der Waals surface area contributed by atoms with Gasteiger partial charge >= 0.3 is 5.97 Å². The van der Waals surface area contributed by atoms with Gasteiger partial charge in [0.1, 0.15) is 19.5 Å². The number of methoxy groups -OCH3 is 1. The molecule has 0 bridgehead atoms. The minimum absolute atomic E-state index is 0.100. The molecule has 18 heavy (non-hydrogen) atoms.